The van der Waals surface area contributed by atoms with E-state index in [-0.39, 0.29) is 41.6 Å². The fraction of sp³-hybridized carbons (Fsp3) is 0.238. The van der Waals surface area contributed by atoms with Crippen LogP contribution in [0.5, 0.6) is 0 Å². The summed E-state index contributed by atoms with van der Waals surface area (Å²) >= 11 is 0. The van der Waals surface area contributed by atoms with Gasteiger partial charge in [0, 0.05) is 29.9 Å². The number of nitrogens with zero attached hydrogens (tertiary/aromatic N) is 3. The van der Waals surface area contributed by atoms with E-state index in [2.05, 4.69) is 112 Å². The number of hydrogen-bond acceptors (Lipinski definition) is 4. The number of benzene rings is 7. The van der Waals surface area contributed by atoms with Gasteiger partial charge in [0.05, 0.1) is 30.6 Å². The standard InChI is InChI=1S/C41H36F2N2O.C22H22F2N2O/c42-36-22-16-31(17-23-36)40(32-18-24-37(43)25-19-32)46-38-26-20-30(21-27-38)39-28-45(29-44-39)41(33-10-4-1-5-11-33,34-12-6-2-7-13-34)35-14-8-3-9-15-35;23-18-7-1-16(2-8-18)22(17-3-9-19(24)10-4-17)27-20-11-5-15(6-12-20)21-13-25-14-26-21/h1-19,22-25,28-30,38,40H,20-21,26-27H2;1-4,7-10,13-15,20,22H,5-6,11-12H2,(H,25,26). The summed E-state index contributed by atoms with van der Waals surface area (Å²) in [7, 11) is 0. The summed E-state index contributed by atoms with van der Waals surface area (Å²) in [4.78, 5) is 12.3. The van der Waals surface area contributed by atoms with Gasteiger partial charge in [0.15, 0.2) is 0 Å². The second-order valence-electron chi connectivity index (χ2n) is 19.2. The summed E-state index contributed by atoms with van der Waals surface area (Å²) < 4.78 is 69.6. The predicted octanol–water partition coefficient (Wildman–Crippen LogP) is 15.4. The summed E-state index contributed by atoms with van der Waals surface area (Å²) in [5, 5.41) is 0. The Hall–Kier alpha value is -7.40. The van der Waals surface area contributed by atoms with Crippen molar-refractivity contribution in [2.45, 2.75) is 93.2 Å². The van der Waals surface area contributed by atoms with Gasteiger partial charge in [-0.15, -0.1) is 0 Å². The van der Waals surface area contributed by atoms with Crippen LogP contribution >= 0.6 is 0 Å². The zero-order valence-corrected chi connectivity index (χ0v) is 40.5. The lowest BCUT2D eigenvalue weighted by Crippen LogP contribution is -2.37. The highest BCUT2D eigenvalue weighted by molar-refractivity contribution is 5.51. The molecule has 2 aromatic heterocycles. The Kier molecular flexibility index (Phi) is 15.5. The number of ether oxygens (including phenoxy) is 2. The van der Waals surface area contributed by atoms with Crippen molar-refractivity contribution < 1.29 is 27.0 Å². The Bertz CT molecular complexity index is 2880. The SMILES string of the molecule is Fc1ccc(C(OC2CCC(c3cn(C(c4ccccc4)(c4ccccc4)c4ccccc4)cn3)CC2)c2ccc(F)cc2)cc1.Fc1ccc(C(OC2CCC(c3cnc[nH]3)CC2)c2ccc(F)cc2)cc1. The second kappa shape index (κ2) is 23.0. The van der Waals surface area contributed by atoms with Gasteiger partial charge >= 0.3 is 0 Å². The highest BCUT2D eigenvalue weighted by atomic mass is 19.1. The van der Waals surface area contributed by atoms with Crippen molar-refractivity contribution in [3.05, 3.63) is 287 Å². The molecule has 2 fully saturated rings. The smallest absolute Gasteiger partial charge is 0.123 e. The minimum Gasteiger partial charge on any atom is -0.366 e. The zero-order chi connectivity index (χ0) is 50.0. The second-order valence-corrected chi connectivity index (χ2v) is 19.2. The highest BCUT2D eigenvalue weighted by Gasteiger charge is 2.39. The van der Waals surface area contributed by atoms with Crippen LogP contribution in [-0.2, 0) is 15.0 Å². The van der Waals surface area contributed by atoms with Crippen molar-refractivity contribution in [1.29, 1.82) is 0 Å². The molecule has 1 N–H and O–H groups in total. The van der Waals surface area contributed by atoms with E-state index in [4.69, 9.17) is 14.5 Å². The molecule has 7 aromatic carbocycles. The third kappa shape index (κ3) is 11.5. The van der Waals surface area contributed by atoms with Crippen molar-refractivity contribution in [3.63, 3.8) is 0 Å². The monoisotopic (exact) mass is 978 g/mol. The average Bonchev–Trinajstić information content (AvgIpc) is 4.18. The van der Waals surface area contributed by atoms with E-state index in [0.29, 0.717) is 11.8 Å². The fourth-order valence-corrected chi connectivity index (χ4v) is 10.8. The minimum atomic E-state index is -0.590. The van der Waals surface area contributed by atoms with E-state index in [0.717, 1.165) is 79.3 Å². The van der Waals surface area contributed by atoms with Crippen molar-refractivity contribution in [1.82, 2.24) is 19.5 Å². The van der Waals surface area contributed by atoms with E-state index in [1.807, 2.05) is 12.5 Å². The van der Waals surface area contributed by atoms with Crippen LogP contribution in [0.4, 0.5) is 17.6 Å². The molecule has 2 saturated carbocycles. The molecular formula is C63H58F4N4O2. The average molecular weight is 979 g/mol. The Morgan fingerprint density at radius 2 is 0.808 bits per heavy atom. The van der Waals surface area contributed by atoms with Gasteiger partial charge in [-0.2, -0.15) is 0 Å². The molecule has 11 rings (SSSR count). The van der Waals surface area contributed by atoms with Crippen molar-refractivity contribution >= 4 is 0 Å². The fourth-order valence-electron chi connectivity index (χ4n) is 10.8. The molecule has 0 amide bonds. The number of hydrogen-bond donors (Lipinski definition) is 1. The molecule has 6 nitrogen and oxygen atoms in total. The first kappa shape index (κ1) is 49.2. The van der Waals surface area contributed by atoms with Crippen LogP contribution in [0.3, 0.4) is 0 Å². The number of aromatic amines is 1. The van der Waals surface area contributed by atoms with Gasteiger partial charge in [0.25, 0.3) is 0 Å². The molecule has 9 aromatic rings. The Balaban J connectivity index is 0.000000192. The number of halogens is 4. The summed E-state index contributed by atoms with van der Waals surface area (Å²) in [6.45, 7) is 0. The molecule has 0 bridgehead atoms. The molecule has 0 atom stereocenters. The predicted molar refractivity (Wildman–Crippen MR) is 277 cm³/mol. The topological polar surface area (TPSA) is 65.0 Å². The molecule has 10 heteroatoms. The van der Waals surface area contributed by atoms with E-state index >= 15 is 0 Å². The molecule has 370 valence electrons. The van der Waals surface area contributed by atoms with Crippen LogP contribution in [0, 0.1) is 23.3 Å². The molecule has 0 unspecified atom stereocenters. The normalized spacial score (nSPS) is 18.1. The van der Waals surface area contributed by atoms with E-state index < -0.39 is 11.6 Å². The third-order valence-electron chi connectivity index (χ3n) is 14.6. The summed E-state index contributed by atoms with van der Waals surface area (Å²) in [5.41, 5.74) is 8.63. The molecule has 0 spiro atoms. The zero-order valence-electron chi connectivity index (χ0n) is 40.5. The number of aromatic nitrogens is 4. The summed E-state index contributed by atoms with van der Waals surface area (Å²) in [5.74, 6) is -0.360. The van der Waals surface area contributed by atoms with Crippen LogP contribution in [0.25, 0.3) is 0 Å². The maximum atomic E-state index is 13.7. The largest absolute Gasteiger partial charge is 0.366 e. The Labute approximate surface area is 424 Å². The molecule has 2 heterocycles. The molecule has 2 aliphatic rings. The minimum absolute atomic E-state index is 0.0236. The molecule has 73 heavy (non-hydrogen) atoms. The number of H-pyrrole nitrogens is 1. The Morgan fingerprint density at radius 1 is 0.452 bits per heavy atom. The van der Waals surface area contributed by atoms with Crippen molar-refractivity contribution in [3.8, 4) is 0 Å². The van der Waals surface area contributed by atoms with E-state index in [9.17, 15) is 17.6 Å². The number of imidazole rings is 2. The van der Waals surface area contributed by atoms with Gasteiger partial charge in [0.1, 0.15) is 41.0 Å². The lowest BCUT2D eigenvalue weighted by molar-refractivity contribution is -0.0151. The maximum Gasteiger partial charge on any atom is 0.123 e. The molecule has 0 saturated heterocycles. The molecule has 2 aliphatic carbocycles. The van der Waals surface area contributed by atoms with Crippen LogP contribution in [0.2, 0.25) is 0 Å². The van der Waals surface area contributed by atoms with Gasteiger partial charge in [-0.25, -0.2) is 27.5 Å². The van der Waals surface area contributed by atoms with Gasteiger partial charge in [-0.3, -0.25) is 0 Å². The van der Waals surface area contributed by atoms with Crippen LogP contribution in [0.15, 0.2) is 213 Å². The lowest BCUT2D eigenvalue weighted by atomic mass is 9.76. The first-order valence-electron chi connectivity index (χ1n) is 25.3. The van der Waals surface area contributed by atoms with E-state index in [1.165, 1.54) is 70.9 Å². The summed E-state index contributed by atoms with van der Waals surface area (Å²) in [6.07, 6.45) is 14.8. The Morgan fingerprint density at radius 3 is 1.15 bits per heavy atom. The highest BCUT2D eigenvalue weighted by Crippen LogP contribution is 2.43. The van der Waals surface area contributed by atoms with Crippen LogP contribution < -0.4 is 0 Å². The lowest BCUT2D eigenvalue weighted by Gasteiger charge is -2.37. The maximum absolute atomic E-state index is 13.7. The molecular weight excluding hydrogens is 921 g/mol. The van der Waals surface area contributed by atoms with E-state index in [1.54, 1.807) is 54.9 Å². The van der Waals surface area contributed by atoms with Gasteiger partial charge in [-0.05, 0) is 139 Å². The van der Waals surface area contributed by atoms with Crippen LogP contribution in [0.1, 0.15) is 126 Å². The summed E-state index contributed by atoms with van der Waals surface area (Å²) in [6, 6.07) is 57.4. The third-order valence-corrected chi connectivity index (χ3v) is 14.6. The number of nitrogens with one attached hydrogen (secondary N) is 1. The number of rotatable bonds is 14. The quantitative estimate of drug-likeness (QED) is 0.0871. The van der Waals surface area contributed by atoms with Crippen molar-refractivity contribution in [2.24, 2.45) is 0 Å². The first-order valence-corrected chi connectivity index (χ1v) is 25.3. The first-order chi connectivity index (χ1) is 35.8. The van der Waals surface area contributed by atoms with Crippen LogP contribution in [-0.4, -0.2) is 31.7 Å². The van der Waals surface area contributed by atoms with Gasteiger partial charge in [0.2, 0.25) is 0 Å². The van der Waals surface area contributed by atoms with Gasteiger partial charge in [-0.1, -0.05) is 140 Å². The van der Waals surface area contributed by atoms with Gasteiger partial charge < -0.3 is 19.0 Å². The molecule has 0 radical (unpaired) electrons. The molecule has 0 aliphatic heterocycles. The van der Waals surface area contributed by atoms with Crippen molar-refractivity contribution in [2.75, 3.05) is 0 Å².